The summed E-state index contributed by atoms with van der Waals surface area (Å²) in [6.07, 6.45) is -4.98. The Kier molecular flexibility index (Phi) is 5.87. The van der Waals surface area contributed by atoms with Crippen LogP contribution in [-0.4, -0.2) is 36.3 Å². The van der Waals surface area contributed by atoms with Crippen LogP contribution in [0, 0.1) is 13.8 Å². The van der Waals surface area contributed by atoms with Crippen LogP contribution in [0.1, 0.15) is 22.5 Å². The van der Waals surface area contributed by atoms with Gasteiger partial charge in [-0.25, -0.2) is 0 Å². The van der Waals surface area contributed by atoms with Crippen molar-refractivity contribution < 1.29 is 32.2 Å². The van der Waals surface area contributed by atoms with Gasteiger partial charge in [0.2, 0.25) is 11.2 Å². The van der Waals surface area contributed by atoms with E-state index in [-0.39, 0.29) is 34.6 Å². The maximum Gasteiger partial charge on any atom is 0.453 e. The molecule has 1 aliphatic heterocycles. The lowest BCUT2D eigenvalue weighted by molar-refractivity contribution is -0.154. The number of alkyl halides is 3. The first kappa shape index (κ1) is 22.2. The molecule has 0 spiro atoms. The van der Waals surface area contributed by atoms with Gasteiger partial charge in [-0.3, -0.25) is 9.69 Å². The smallest absolute Gasteiger partial charge is 0.453 e. The van der Waals surface area contributed by atoms with Crippen molar-refractivity contribution in [3.05, 3.63) is 63.0 Å². The second-order valence-electron chi connectivity index (χ2n) is 7.79. The van der Waals surface area contributed by atoms with Gasteiger partial charge in [-0.1, -0.05) is 12.1 Å². The van der Waals surface area contributed by atoms with Crippen molar-refractivity contribution in [2.45, 2.75) is 26.6 Å². The molecule has 1 N–H and O–H groups in total. The summed E-state index contributed by atoms with van der Waals surface area (Å²) in [4.78, 5) is 15.1. The summed E-state index contributed by atoms with van der Waals surface area (Å²) < 4.78 is 57.8. The third-order valence-corrected chi connectivity index (χ3v) is 5.40. The number of morpholine rings is 1. The average molecular weight is 449 g/mol. The SMILES string of the molecule is Cc1ccc(C)c(Oc2c(C(F)(F)F)oc3c(CN4CCOCC4)c(O)ccc3c2=O)c1. The van der Waals surface area contributed by atoms with E-state index in [0.29, 0.717) is 31.9 Å². The lowest BCUT2D eigenvalue weighted by atomic mass is 10.1. The number of phenolic OH excluding ortho intramolecular Hbond substituents is 1. The normalized spacial score (nSPS) is 15.3. The van der Waals surface area contributed by atoms with Crippen LogP contribution in [0.3, 0.4) is 0 Å². The molecule has 0 atom stereocenters. The number of halogens is 3. The number of benzene rings is 2. The molecule has 1 fully saturated rings. The van der Waals surface area contributed by atoms with E-state index in [1.54, 1.807) is 32.0 Å². The molecule has 0 unspecified atom stereocenters. The molecule has 2 aromatic carbocycles. The Morgan fingerprint density at radius 3 is 2.53 bits per heavy atom. The van der Waals surface area contributed by atoms with Gasteiger partial charge < -0.3 is 19.0 Å². The van der Waals surface area contributed by atoms with Gasteiger partial charge in [-0.2, -0.15) is 13.2 Å². The second kappa shape index (κ2) is 8.48. The third kappa shape index (κ3) is 4.31. The summed E-state index contributed by atoms with van der Waals surface area (Å²) in [6.45, 7) is 5.57. The summed E-state index contributed by atoms with van der Waals surface area (Å²) >= 11 is 0. The van der Waals surface area contributed by atoms with Crippen molar-refractivity contribution in [2.24, 2.45) is 0 Å². The van der Waals surface area contributed by atoms with Crippen LogP contribution in [0.2, 0.25) is 0 Å². The zero-order valence-electron chi connectivity index (χ0n) is 17.6. The van der Waals surface area contributed by atoms with Gasteiger partial charge in [0.25, 0.3) is 5.76 Å². The van der Waals surface area contributed by atoms with E-state index in [9.17, 15) is 23.1 Å². The summed E-state index contributed by atoms with van der Waals surface area (Å²) in [5, 5.41) is 10.3. The van der Waals surface area contributed by atoms with E-state index >= 15 is 0 Å². The highest BCUT2D eigenvalue weighted by Crippen LogP contribution is 2.40. The van der Waals surface area contributed by atoms with E-state index in [0.717, 1.165) is 5.56 Å². The van der Waals surface area contributed by atoms with Crippen LogP contribution in [0.5, 0.6) is 17.2 Å². The monoisotopic (exact) mass is 449 g/mol. The van der Waals surface area contributed by atoms with Gasteiger partial charge in [0.15, 0.2) is 0 Å². The number of hydrogen-bond donors (Lipinski definition) is 1. The molecule has 1 aromatic heterocycles. The van der Waals surface area contributed by atoms with Crippen LogP contribution in [0.25, 0.3) is 11.0 Å². The highest BCUT2D eigenvalue weighted by molar-refractivity contribution is 5.83. The van der Waals surface area contributed by atoms with Crippen LogP contribution in [0.15, 0.2) is 39.5 Å². The molecule has 0 saturated carbocycles. The zero-order chi connectivity index (χ0) is 23.0. The van der Waals surface area contributed by atoms with Crippen LogP contribution in [-0.2, 0) is 17.5 Å². The Hall–Kier alpha value is -3.04. The van der Waals surface area contributed by atoms with E-state index < -0.39 is 23.1 Å². The predicted octanol–water partition coefficient (Wildman–Crippen LogP) is 4.76. The quantitative estimate of drug-likeness (QED) is 0.619. The fraction of sp³-hybridized carbons (Fsp3) is 0.348. The Bertz CT molecular complexity index is 1210. The summed E-state index contributed by atoms with van der Waals surface area (Å²) in [5.41, 5.74) is 0.194. The highest BCUT2D eigenvalue weighted by Gasteiger charge is 2.41. The second-order valence-corrected chi connectivity index (χ2v) is 7.79. The van der Waals surface area contributed by atoms with Gasteiger partial charge in [-0.05, 0) is 43.2 Å². The molecular weight excluding hydrogens is 427 g/mol. The molecule has 4 rings (SSSR count). The topological polar surface area (TPSA) is 72.1 Å². The molecule has 0 bridgehead atoms. The minimum absolute atomic E-state index is 0.0978. The number of aromatic hydroxyl groups is 1. The number of fused-ring (bicyclic) bond motifs is 1. The molecule has 1 saturated heterocycles. The molecule has 3 aromatic rings. The van der Waals surface area contributed by atoms with Crippen molar-refractivity contribution >= 4 is 11.0 Å². The Balaban J connectivity index is 1.90. The first-order valence-electron chi connectivity index (χ1n) is 10.1. The minimum Gasteiger partial charge on any atom is -0.507 e. The van der Waals surface area contributed by atoms with Crippen LogP contribution < -0.4 is 10.2 Å². The highest BCUT2D eigenvalue weighted by atomic mass is 19.4. The summed E-state index contributed by atoms with van der Waals surface area (Å²) in [6, 6.07) is 7.56. The van der Waals surface area contributed by atoms with E-state index in [4.69, 9.17) is 13.9 Å². The minimum atomic E-state index is -4.98. The van der Waals surface area contributed by atoms with Gasteiger partial charge in [-0.15, -0.1) is 0 Å². The molecular formula is C23H22F3NO5. The summed E-state index contributed by atoms with van der Waals surface area (Å²) in [7, 11) is 0. The molecule has 0 radical (unpaired) electrons. The van der Waals surface area contributed by atoms with Gasteiger partial charge in [0, 0.05) is 19.6 Å². The van der Waals surface area contributed by atoms with Gasteiger partial charge >= 0.3 is 6.18 Å². The van der Waals surface area contributed by atoms with Crippen LogP contribution in [0.4, 0.5) is 13.2 Å². The number of rotatable bonds is 4. The van der Waals surface area contributed by atoms with Crippen LogP contribution >= 0.6 is 0 Å². The molecule has 1 aliphatic rings. The van der Waals surface area contributed by atoms with Gasteiger partial charge in [0.1, 0.15) is 17.1 Å². The molecule has 0 amide bonds. The fourth-order valence-electron chi connectivity index (χ4n) is 3.63. The standard InChI is InChI=1S/C23H22F3NO5/c1-13-3-4-14(2)18(11-13)31-21-19(29)15-5-6-17(28)16(12-27-7-9-30-10-8-27)20(15)32-22(21)23(24,25)26/h3-6,11,28H,7-10,12H2,1-2H3. The Morgan fingerprint density at radius 1 is 1.12 bits per heavy atom. The number of ether oxygens (including phenoxy) is 2. The van der Waals surface area contributed by atoms with Crippen molar-refractivity contribution in [2.75, 3.05) is 26.3 Å². The number of aryl methyl sites for hydroxylation is 2. The van der Waals surface area contributed by atoms with Gasteiger partial charge in [0.05, 0.1) is 24.2 Å². The molecule has 170 valence electrons. The van der Waals surface area contributed by atoms with Crippen molar-refractivity contribution in [3.63, 3.8) is 0 Å². The Morgan fingerprint density at radius 2 is 1.84 bits per heavy atom. The van der Waals surface area contributed by atoms with E-state index in [1.807, 2.05) is 4.90 Å². The molecule has 32 heavy (non-hydrogen) atoms. The number of hydrogen-bond acceptors (Lipinski definition) is 6. The van der Waals surface area contributed by atoms with E-state index in [1.165, 1.54) is 12.1 Å². The lowest BCUT2D eigenvalue weighted by Crippen LogP contribution is -2.35. The molecule has 9 heteroatoms. The Labute approximate surface area is 181 Å². The predicted molar refractivity (Wildman–Crippen MR) is 111 cm³/mol. The van der Waals surface area contributed by atoms with Crippen molar-refractivity contribution in [3.8, 4) is 17.2 Å². The maximum absolute atomic E-state index is 13.9. The summed E-state index contributed by atoms with van der Waals surface area (Å²) in [5.74, 6) is -2.58. The lowest BCUT2D eigenvalue weighted by Gasteiger charge is -2.27. The average Bonchev–Trinajstić information content (AvgIpc) is 2.74. The van der Waals surface area contributed by atoms with Crippen molar-refractivity contribution in [1.29, 1.82) is 0 Å². The number of nitrogens with zero attached hydrogens (tertiary/aromatic N) is 1. The first-order chi connectivity index (χ1) is 15.1. The maximum atomic E-state index is 13.9. The zero-order valence-corrected chi connectivity index (χ0v) is 17.6. The molecule has 6 nitrogen and oxygen atoms in total. The first-order valence-corrected chi connectivity index (χ1v) is 10.1. The van der Waals surface area contributed by atoms with Crippen molar-refractivity contribution in [1.82, 2.24) is 4.90 Å². The fourth-order valence-corrected chi connectivity index (χ4v) is 3.63. The largest absolute Gasteiger partial charge is 0.507 e. The van der Waals surface area contributed by atoms with E-state index in [2.05, 4.69) is 0 Å². The number of phenols is 1. The third-order valence-electron chi connectivity index (χ3n) is 5.40. The molecule has 0 aliphatic carbocycles. The molecule has 2 heterocycles.